The summed E-state index contributed by atoms with van der Waals surface area (Å²) in [4.78, 5) is 6.70. The van der Waals surface area contributed by atoms with Gasteiger partial charge in [-0.15, -0.1) is 0 Å². The molecule has 0 amide bonds. The summed E-state index contributed by atoms with van der Waals surface area (Å²) in [7, 11) is 2.25. The highest BCUT2D eigenvalue weighted by molar-refractivity contribution is 5.08. The highest BCUT2D eigenvalue weighted by atomic mass is 15.1. The molecule has 21 heavy (non-hydrogen) atoms. The van der Waals surface area contributed by atoms with Crippen LogP contribution < -0.4 is 5.32 Å². The van der Waals surface area contributed by atoms with Gasteiger partial charge in [0.25, 0.3) is 0 Å². The molecule has 1 heterocycles. The number of pyridine rings is 1. The van der Waals surface area contributed by atoms with E-state index in [1.807, 2.05) is 18.5 Å². The van der Waals surface area contributed by atoms with Crippen LogP contribution in [0.15, 0.2) is 24.5 Å². The van der Waals surface area contributed by atoms with E-state index in [4.69, 9.17) is 0 Å². The lowest BCUT2D eigenvalue weighted by Crippen LogP contribution is -2.45. The van der Waals surface area contributed by atoms with Crippen LogP contribution in [0.5, 0.6) is 0 Å². The predicted octanol–water partition coefficient (Wildman–Crippen LogP) is 3.46. The fraction of sp³-hybridized carbons (Fsp3) is 0.722. The lowest BCUT2D eigenvalue weighted by atomic mass is 9.73. The van der Waals surface area contributed by atoms with Crippen molar-refractivity contribution in [2.24, 2.45) is 5.41 Å². The van der Waals surface area contributed by atoms with Crippen LogP contribution in [0.3, 0.4) is 0 Å². The molecular formula is C18H31N3. The minimum absolute atomic E-state index is 0.458. The van der Waals surface area contributed by atoms with Crippen molar-refractivity contribution in [2.45, 2.75) is 58.5 Å². The van der Waals surface area contributed by atoms with Crippen LogP contribution in [-0.2, 0) is 6.54 Å². The van der Waals surface area contributed by atoms with E-state index in [1.165, 1.54) is 44.2 Å². The molecule has 0 saturated heterocycles. The van der Waals surface area contributed by atoms with E-state index in [2.05, 4.69) is 42.2 Å². The van der Waals surface area contributed by atoms with E-state index in [0.29, 0.717) is 11.5 Å². The van der Waals surface area contributed by atoms with Crippen molar-refractivity contribution in [3.63, 3.8) is 0 Å². The van der Waals surface area contributed by atoms with E-state index in [-0.39, 0.29) is 0 Å². The predicted molar refractivity (Wildman–Crippen MR) is 89.2 cm³/mol. The van der Waals surface area contributed by atoms with E-state index < -0.39 is 0 Å². The lowest BCUT2D eigenvalue weighted by Gasteiger charge is -2.41. The van der Waals surface area contributed by atoms with Gasteiger partial charge in [0.2, 0.25) is 0 Å². The van der Waals surface area contributed by atoms with Crippen molar-refractivity contribution in [2.75, 3.05) is 20.1 Å². The highest BCUT2D eigenvalue weighted by Crippen LogP contribution is 2.36. The van der Waals surface area contributed by atoms with Crippen molar-refractivity contribution < 1.29 is 0 Å². The van der Waals surface area contributed by atoms with E-state index in [0.717, 1.165) is 13.1 Å². The largest absolute Gasteiger partial charge is 0.314 e. The molecular weight excluding hydrogens is 258 g/mol. The second-order valence-electron chi connectivity index (χ2n) is 7.13. The summed E-state index contributed by atoms with van der Waals surface area (Å²) >= 11 is 0. The van der Waals surface area contributed by atoms with Gasteiger partial charge >= 0.3 is 0 Å². The standard InChI is InChI=1S/C18H31N3/c1-16(2)20-14-18(9-5-4-6-10-18)15-21(3)13-17-8-7-11-19-12-17/h7-8,11-12,16,20H,4-6,9-10,13-15H2,1-3H3. The second kappa shape index (κ2) is 7.90. The smallest absolute Gasteiger partial charge is 0.0312 e. The maximum atomic E-state index is 4.22. The molecule has 1 aromatic rings. The van der Waals surface area contributed by atoms with Crippen LogP contribution in [0, 0.1) is 5.41 Å². The Kier molecular flexibility index (Phi) is 6.19. The zero-order valence-corrected chi connectivity index (χ0v) is 13.9. The molecule has 0 bridgehead atoms. The van der Waals surface area contributed by atoms with Crippen LogP contribution in [0.2, 0.25) is 0 Å². The Morgan fingerprint density at radius 1 is 1.29 bits per heavy atom. The SMILES string of the molecule is CC(C)NCC1(CN(C)Cc2cccnc2)CCCCC1. The van der Waals surface area contributed by atoms with Gasteiger partial charge in [0.05, 0.1) is 0 Å². The van der Waals surface area contributed by atoms with E-state index in [1.54, 1.807) is 0 Å². The lowest BCUT2D eigenvalue weighted by molar-refractivity contribution is 0.111. The third kappa shape index (κ3) is 5.40. The molecule has 1 aromatic heterocycles. The second-order valence-corrected chi connectivity index (χ2v) is 7.13. The molecule has 3 nitrogen and oxygen atoms in total. The van der Waals surface area contributed by atoms with Crippen molar-refractivity contribution in [1.82, 2.24) is 15.2 Å². The first-order chi connectivity index (χ1) is 10.1. The number of hydrogen-bond donors (Lipinski definition) is 1. The van der Waals surface area contributed by atoms with Gasteiger partial charge in [0, 0.05) is 38.1 Å². The Labute approximate surface area is 130 Å². The number of hydrogen-bond acceptors (Lipinski definition) is 3. The first-order valence-corrected chi connectivity index (χ1v) is 8.40. The summed E-state index contributed by atoms with van der Waals surface area (Å²) in [5.74, 6) is 0. The Bertz CT molecular complexity index is 396. The first kappa shape index (κ1) is 16.4. The van der Waals surface area contributed by atoms with Crippen molar-refractivity contribution in [1.29, 1.82) is 0 Å². The van der Waals surface area contributed by atoms with Crippen LogP contribution in [0.4, 0.5) is 0 Å². The molecule has 1 aliphatic carbocycles. The third-order valence-corrected chi connectivity index (χ3v) is 4.58. The summed E-state index contributed by atoms with van der Waals surface area (Å²) in [6.45, 7) is 7.83. The summed E-state index contributed by atoms with van der Waals surface area (Å²) in [5.41, 5.74) is 1.77. The summed E-state index contributed by atoms with van der Waals surface area (Å²) < 4.78 is 0. The summed E-state index contributed by atoms with van der Waals surface area (Å²) in [6, 6.07) is 4.77. The molecule has 0 aromatic carbocycles. The Hall–Kier alpha value is -0.930. The van der Waals surface area contributed by atoms with Gasteiger partial charge in [0.15, 0.2) is 0 Å². The van der Waals surface area contributed by atoms with Crippen LogP contribution in [-0.4, -0.2) is 36.1 Å². The Morgan fingerprint density at radius 3 is 2.67 bits per heavy atom. The number of nitrogens with one attached hydrogen (secondary N) is 1. The average molecular weight is 289 g/mol. The minimum Gasteiger partial charge on any atom is -0.314 e. The molecule has 0 aliphatic heterocycles. The first-order valence-electron chi connectivity index (χ1n) is 8.40. The summed E-state index contributed by atoms with van der Waals surface area (Å²) in [5, 5.41) is 3.69. The van der Waals surface area contributed by atoms with Gasteiger partial charge in [-0.25, -0.2) is 0 Å². The average Bonchev–Trinajstić information content (AvgIpc) is 2.47. The van der Waals surface area contributed by atoms with Crippen molar-refractivity contribution >= 4 is 0 Å². The molecule has 3 heteroatoms. The molecule has 0 atom stereocenters. The minimum atomic E-state index is 0.458. The molecule has 0 radical (unpaired) electrons. The van der Waals surface area contributed by atoms with Crippen LogP contribution in [0.25, 0.3) is 0 Å². The summed E-state index contributed by atoms with van der Waals surface area (Å²) in [6.07, 6.45) is 10.8. The number of nitrogens with zero attached hydrogens (tertiary/aromatic N) is 2. The molecule has 0 spiro atoms. The maximum absolute atomic E-state index is 4.22. The molecule has 1 saturated carbocycles. The van der Waals surface area contributed by atoms with E-state index >= 15 is 0 Å². The fourth-order valence-corrected chi connectivity index (χ4v) is 3.55. The zero-order valence-electron chi connectivity index (χ0n) is 13.9. The number of aromatic nitrogens is 1. The quantitative estimate of drug-likeness (QED) is 0.833. The van der Waals surface area contributed by atoms with Gasteiger partial charge in [-0.05, 0) is 36.9 Å². The topological polar surface area (TPSA) is 28.2 Å². The molecule has 118 valence electrons. The van der Waals surface area contributed by atoms with Gasteiger partial charge < -0.3 is 10.2 Å². The van der Waals surface area contributed by atoms with Gasteiger partial charge in [-0.3, -0.25) is 4.98 Å². The monoisotopic (exact) mass is 289 g/mol. The molecule has 2 rings (SSSR count). The van der Waals surface area contributed by atoms with Crippen LogP contribution in [0.1, 0.15) is 51.5 Å². The van der Waals surface area contributed by atoms with Crippen molar-refractivity contribution in [3.05, 3.63) is 30.1 Å². The molecule has 1 aliphatic rings. The van der Waals surface area contributed by atoms with Gasteiger partial charge in [-0.2, -0.15) is 0 Å². The Balaban J connectivity index is 1.93. The number of rotatable bonds is 7. The maximum Gasteiger partial charge on any atom is 0.0312 e. The van der Waals surface area contributed by atoms with Crippen molar-refractivity contribution in [3.8, 4) is 0 Å². The third-order valence-electron chi connectivity index (χ3n) is 4.58. The molecule has 1 N–H and O–H groups in total. The fourth-order valence-electron chi connectivity index (χ4n) is 3.55. The van der Waals surface area contributed by atoms with Gasteiger partial charge in [0.1, 0.15) is 0 Å². The van der Waals surface area contributed by atoms with E-state index in [9.17, 15) is 0 Å². The zero-order chi connectivity index (χ0) is 15.1. The highest BCUT2D eigenvalue weighted by Gasteiger charge is 2.33. The van der Waals surface area contributed by atoms with Gasteiger partial charge in [-0.1, -0.05) is 39.2 Å². The normalized spacial score (nSPS) is 18.3. The van der Waals surface area contributed by atoms with Crippen LogP contribution >= 0.6 is 0 Å². The Morgan fingerprint density at radius 2 is 2.05 bits per heavy atom. The molecule has 1 fully saturated rings. The molecule has 0 unspecified atom stereocenters.